The van der Waals surface area contributed by atoms with Gasteiger partial charge < -0.3 is 20.1 Å². The van der Waals surface area contributed by atoms with E-state index in [1.54, 1.807) is 6.07 Å². The van der Waals surface area contributed by atoms with E-state index in [1.165, 1.54) is 11.3 Å². The molecule has 1 aromatic carbocycles. The number of ether oxygens (including phenoxy) is 2. The Balaban J connectivity index is 1.29. The largest absolute Gasteiger partial charge is 0.454 e. The van der Waals surface area contributed by atoms with Gasteiger partial charge in [-0.05, 0) is 42.0 Å². The Morgan fingerprint density at radius 3 is 2.80 bits per heavy atom. The molecule has 132 valence electrons. The third-order valence-electron chi connectivity index (χ3n) is 3.78. The smallest absolute Gasteiger partial charge is 0.261 e. The summed E-state index contributed by atoms with van der Waals surface area (Å²) in [6.45, 7) is 1.32. The molecule has 0 saturated carbocycles. The molecule has 0 bridgehead atoms. The van der Waals surface area contributed by atoms with Gasteiger partial charge in [-0.2, -0.15) is 0 Å². The van der Waals surface area contributed by atoms with Gasteiger partial charge in [0, 0.05) is 19.5 Å². The second-order valence-corrected chi connectivity index (χ2v) is 6.57. The molecular weight excluding hydrogens is 340 g/mol. The summed E-state index contributed by atoms with van der Waals surface area (Å²) in [6.07, 6.45) is 1.75. The lowest BCUT2D eigenvalue weighted by Gasteiger charge is -2.07. The third-order valence-corrected chi connectivity index (χ3v) is 4.65. The number of benzene rings is 1. The van der Waals surface area contributed by atoms with Crippen LogP contribution in [0.3, 0.4) is 0 Å². The molecule has 0 aliphatic carbocycles. The summed E-state index contributed by atoms with van der Waals surface area (Å²) in [5, 5.41) is 7.57. The van der Waals surface area contributed by atoms with Crippen molar-refractivity contribution in [2.24, 2.45) is 0 Å². The minimum Gasteiger partial charge on any atom is -0.454 e. The summed E-state index contributed by atoms with van der Waals surface area (Å²) >= 11 is 1.40. The second-order valence-electron chi connectivity index (χ2n) is 5.62. The predicted octanol–water partition coefficient (Wildman–Crippen LogP) is 2.35. The summed E-state index contributed by atoms with van der Waals surface area (Å²) in [5.74, 6) is 1.42. The molecule has 0 saturated heterocycles. The number of fused-ring (bicyclic) bond motifs is 1. The molecule has 6 nitrogen and oxygen atoms in total. The number of hydrogen-bond donors (Lipinski definition) is 2. The van der Waals surface area contributed by atoms with Crippen molar-refractivity contribution in [1.82, 2.24) is 10.6 Å². The summed E-state index contributed by atoms with van der Waals surface area (Å²) in [7, 11) is 0. The molecular formula is C18H20N2O4S. The average Bonchev–Trinajstić information content (AvgIpc) is 3.29. The minimum atomic E-state index is -0.0850. The highest BCUT2D eigenvalue weighted by Gasteiger charge is 2.13. The van der Waals surface area contributed by atoms with E-state index in [2.05, 4.69) is 10.6 Å². The Bertz CT molecular complexity index is 731. The van der Waals surface area contributed by atoms with Crippen LogP contribution in [0, 0.1) is 0 Å². The molecule has 25 heavy (non-hydrogen) atoms. The van der Waals surface area contributed by atoms with Crippen molar-refractivity contribution in [3.8, 4) is 11.5 Å². The van der Waals surface area contributed by atoms with Gasteiger partial charge in [0.05, 0.1) is 4.88 Å². The first-order chi connectivity index (χ1) is 12.2. The van der Waals surface area contributed by atoms with Crippen LogP contribution in [0.2, 0.25) is 0 Å². The van der Waals surface area contributed by atoms with Gasteiger partial charge in [0.15, 0.2) is 11.5 Å². The standard InChI is InChI=1S/C18H20N2O4S/c21-17(4-1-8-20-18(22)16-3-2-10-25-16)19-9-7-13-5-6-14-15(11-13)24-12-23-14/h2-3,5-6,10-11H,1,4,7-9,12H2,(H,19,21)(H,20,22). The SMILES string of the molecule is O=C(CCCNC(=O)c1cccs1)NCCc1ccc2c(c1)OCO2. The highest BCUT2D eigenvalue weighted by atomic mass is 32.1. The summed E-state index contributed by atoms with van der Waals surface area (Å²) in [5.41, 5.74) is 1.09. The summed E-state index contributed by atoms with van der Waals surface area (Å²) < 4.78 is 10.6. The van der Waals surface area contributed by atoms with Crippen molar-refractivity contribution < 1.29 is 19.1 Å². The number of carbonyl (C=O) groups is 2. The van der Waals surface area contributed by atoms with Gasteiger partial charge in [-0.3, -0.25) is 9.59 Å². The fourth-order valence-corrected chi connectivity index (χ4v) is 3.12. The minimum absolute atomic E-state index is 0.00823. The predicted molar refractivity (Wildman–Crippen MR) is 95.2 cm³/mol. The van der Waals surface area contributed by atoms with Gasteiger partial charge in [-0.15, -0.1) is 11.3 Å². The van der Waals surface area contributed by atoms with Crippen molar-refractivity contribution in [2.45, 2.75) is 19.3 Å². The molecule has 1 aliphatic heterocycles. The van der Waals surface area contributed by atoms with E-state index in [1.807, 2.05) is 29.6 Å². The zero-order chi connectivity index (χ0) is 17.5. The number of carbonyl (C=O) groups excluding carboxylic acids is 2. The lowest BCUT2D eigenvalue weighted by Crippen LogP contribution is -2.28. The molecule has 2 aromatic rings. The monoisotopic (exact) mass is 360 g/mol. The van der Waals surface area contributed by atoms with E-state index in [0.29, 0.717) is 30.8 Å². The first kappa shape index (κ1) is 17.3. The van der Waals surface area contributed by atoms with E-state index in [0.717, 1.165) is 23.5 Å². The third kappa shape index (κ3) is 4.96. The van der Waals surface area contributed by atoms with Crippen LogP contribution < -0.4 is 20.1 Å². The van der Waals surface area contributed by atoms with Crippen LogP contribution in [0.4, 0.5) is 0 Å². The van der Waals surface area contributed by atoms with Crippen LogP contribution in [0.15, 0.2) is 35.7 Å². The first-order valence-electron chi connectivity index (χ1n) is 8.19. The van der Waals surface area contributed by atoms with Crippen LogP contribution in [-0.4, -0.2) is 31.7 Å². The Labute approximate surface area is 150 Å². The molecule has 0 fully saturated rings. The number of nitrogens with one attached hydrogen (secondary N) is 2. The molecule has 2 N–H and O–H groups in total. The first-order valence-corrected chi connectivity index (χ1v) is 9.07. The van der Waals surface area contributed by atoms with Gasteiger partial charge in [0.25, 0.3) is 5.91 Å². The molecule has 0 spiro atoms. The van der Waals surface area contributed by atoms with Gasteiger partial charge in [0.1, 0.15) is 0 Å². The second kappa shape index (κ2) is 8.53. The van der Waals surface area contributed by atoms with Crippen LogP contribution in [0.1, 0.15) is 28.1 Å². The molecule has 0 atom stereocenters. The van der Waals surface area contributed by atoms with E-state index in [-0.39, 0.29) is 18.6 Å². The van der Waals surface area contributed by atoms with Crippen molar-refractivity contribution >= 4 is 23.2 Å². The molecule has 7 heteroatoms. The molecule has 2 amide bonds. The maximum absolute atomic E-state index is 11.8. The lowest BCUT2D eigenvalue weighted by molar-refractivity contribution is -0.121. The number of amides is 2. The van der Waals surface area contributed by atoms with Crippen molar-refractivity contribution in [3.63, 3.8) is 0 Å². The van der Waals surface area contributed by atoms with Gasteiger partial charge >= 0.3 is 0 Å². The fraction of sp³-hybridized carbons (Fsp3) is 0.333. The molecule has 0 unspecified atom stereocenters. The normalized spacial score (nSPS) is 12.0. The molecule has 3 rings (SSSR count). The zero-order valence-corrected chi connectivity index (χ0v) is 14.6. The van der Waals surface area contributed by atoms with Crippen LogP contribution >= 0.6 is 11.3 Å². The van der Waals surface area contributed by atoms with E-state index in [4.69, 9.17) is 9.47 Å². The van der Waals surface area contributed by atoms with Crippen molar-refractivity contribution in [1.29, 1.82) is 0 Å². The van der Waals surface area contributed by atoms with E-state index in [9.17, 15) is 9.59 Å². The van der Waals surface area contributed by atoms with Gasteiger partial charge in [0.2, 0.25) is 12.7 Å². The van der Waals surface area contributed by atoms with Gasteiger partial charge in [-0.1, -0.05) is 12.1 Å². The Kier molecular flexibility index (Phi) is 5.90. The van der Waals surface area contributed by atoms with E-state index < -0.39 is 0 Å². The number of rotatable bonds is 8. The van der Waals surface area contributed by atoms with Gasteiger partial charge in [-0.25, -0.2) is 0 Å². The quantitative estimate of drug-likeness (QED) is 0.709. The molecule has 0 radical (unpaired) electrons. The maximum Gasteiger partial charge on any atom is 0.261 e. The summed E-state index contributed by atoms with van der Waals surface area (Å²) in [6, 6.07) is 9.42. The van der Waals surface area contributed by atoms with Crippen LogP contribution in [0.25, 0.3) is 0 Å². The number of thiophene rings is 1. The highest BCUT2D eigenvalue weighted by molar-refractivity contribution is 7.12. The Hall–Kier alpha value is -2.54. The fourth-order valence-electron chi connectivity index (χ4n) is 2.48. The van der Waals surface area contributed by atoms with E-state index >= 15 is 0 Å². The number of hydrogen-bond acceptors (Lipinski definition) is 5. The van der Waals surface area contributed by atoms with Crippen LogP contribution in [0.5, 0.6) is 11.5 Å². The molecule has 1 aliphatic rings. The highest BCUT2D eigenvalue weighted by Crippen LogP contribution is 2.32. The maximum atomic E-state index is 11.8. The Morgan fingerprint density at radius 2 is 1.96 bits per heavy atom. The molecule has 2 heterocycles. The zero-order valence-electron chi connectivity index (χ0n) is 13.7. The lowest BCUT2D eigenvalue weighted by atomic mass is 10.1. The molecule has 1 aromatic heterocycles. The van der Waals surface area contributed by atoms with Crippen molar-refractivity contribution in [3.05, 3.63) is 46.2 Å². The average molecular weight is 360 g/mol. The Morgan fingerprint density at radius 1 is 1.08 bits per heavy atom. The van der Waals surface area contributed by atoms with Crippen LogP contribution in [-0.2, 0) is 11.2 Å². The summed E-state index contributed by atoms with van der Waals surface area (Å²) in [4.78, 5) is 24.3. The topological polar surface area (TPSA) is 76.7 Å². The van der Waals surface area contributed by atoms with Crippen molar-refractivity contribution in [2.75, 3.05) is 19.9 Å².